The summed E-state index contributed by atoms with van der Waals surface area (Å²) in [6.45, 7) is 0.702. The van der Waals surface area contributed by atoms with Crippen LogP contribution in [0.1, 0.15) is 43.7 Å². The third kappa shape index (κ3) is 2.91. The molecule has 0 radical (unpaired) electrons. The second-order valence-corrected chi connectivity index (χ2v) is 5.75. The van der Waals surface area contributed by atoms with Crippen LogP contribution < -0.4 is 5.32 Å². The molecule has 4 nitrogen and oxygen atoms in total. The zero-order valence-electron chi connectivity index (χ0n) is 11.8. The van der Waals surface area contributed by atoms with Crippen molar-refractivity contribution in [3.63, 3.8) is 0 Å². The minimum absolute atomic E-state index is 0.00284. The first-order chi connectivity index (χ1) is 10.1. The smallest absolute Gasteiger partial charge is 0.245 e. The summed E-state index contributed by atoms with van der Waals surface area (Å²) in [5.74, 6) is -0.318. The molecule has 2 amide bonds. The molecule has 2 aliphatic rings. The van der Waals surface area contributed by atoms with Gasteiger partial charge in [0.15, 0.2) is 0 Å². The Morgan fingerprint density at radius 1 is 1.19 bits per heavy atom. The van der Waals surface area contributed by atoms with Crippen LogP contribution in [0.15, 0.2) is 24.3 Å². The Labute approximate surface area is 123 Å². The summed E-state index contributed by atoms with van der Waals surface area (Å²) in [6.07, 6.45) is 3.80. The van der Waals surface area contributed by atoms with E-state index in [1.54, 1.807) is 12.1 Å². The zero-order chi connectivity index (χ0) is 14.8. The number of hydrogen-bond donors (Lipinski definition) is 1. The normalized spacial score (nSPS) is 25.8. The average molecular weight is 290 g/mol. The molecule has 1 aromatic rings. The molecule has 0 saturated carbocycles. The van der Waals surface area contributed by atoms with Gasteiger partial charge in [-0.3, -0.25) is 9.59 Å². The molecular formula is C16H19FN2O2. The largest absolute Gasteiger partial charge is 0.344 e. The minimum atomic E-state index is -0.396. The van der Waals surface area contributed by atoms with Crippen molar-refractivity contribution in [3.8, 4) is 0 Å². The first kappa shape index (κ1) is 14.0. The number of rotatable bonds is 2. The van der Waals surface area contributed by atoms with Crippen LogP contribution in [-0.2, 0) is 9.59 Å². The minimum Gasteiger partial charge on any atom is -0.344 e. The van der Waals surface area contributed by atoms with Gasteiger partial charge in [-0.2, -0.15) is 0 Å². The number of carbonyl (C=O) groups is 2. The molecule has 2 atom stereocenters. The molecule has 5 heteroatoms. The molecular weight excluding hydrogens is 271 g/mol. The van der Waals surface area contributed by atoms with Crippen molar-refractivity contribution in [1.29, 1.82) is 0 Å². The maximum absolute atomic E-state index is 13.0. The zero-order valence-corrected chi connectivity index (χ0v) is 11.8. The summed E-state index contributed by atoms with van der Waals surface area (Å²) < 4.78 is 13.0. The number of nitrogens with one attached hydrogen (secondary N) is 1. The molecule has 21 heavy (non-hydrogen) atoms. The van der Waals surface area contributed by atoms with Gasteiger partial charge in [0.1, 0.15) is 11.9 Å². The summed E-state index contributed by atoms with van der Waals surface area (Å²) >= 11 is 0. The maximum atomic E-state index is 13.0. The second kappa shape index (κ2) is 5.84. The van der Waals surface area contributed by atoms with Crippen LogP contribution in [0.5, 0.6) is 0 Å². The van der Waals surface area contributed by atoms with Crippen molar-refractivity contribution < 1.29 is 14.0 Å². The lowest BCUT2D eigenvalue weighted by Crippen LogP contribution is -2.50. The fourth-order valence-corrected chi connectivity index (χ4v) is 3.25. The van der Waals surface area contributed by atoms with Gasteiger partial charge in [0, 0.05) is 13.0 Å². The maximum Gasteiger partial charge on any atom is 0.245 e. The molecule has 0 bridgehead atoms. The Kier molecular flexibility index (Phi) is 3.90. The molecule has 0 spiro atoms. The molecule has 1 aromatic carbocycles. The molecule has 1 unspecified atom stereocenters. The lowest BCUT2D eigenvalue weighted by atomic mass is 10.0. The standard InChI is InChI=1S/C16H19FN2O2/c17-12-8-6-11(7-9-12)14-4-2-10-19(14)16(21)13-3-1-5-15(20)18-13/h6-9,13-14H,1-5,10H2,(H,18,20)/t13-,14?/m1/s1. The van der Waals surface area contributed by atoms with Crippen molar-refractivity contribution in [2.75, 3.05) is 6.54 Å². The fraction of sp³-hybridized carbons (Fsp3) is 0.500. The van der Waals surface area contributed by atoms with E-state index in [0.717, 1.165) is 24.8 Å². The summed E-state index contributed by atoms with van der Waals surface area (Å²) in [5.41, 5.74) is 0.962. The lowest BCUT2D eigenvalue weighted by molar-refractivity contribution is -0.138. The average Bonchev–Trinajstić information content (AvgIpc) is 2.96. The van der Waals surface area contributed by atoms with E-state index < -0.39 is 6.04 Å². The number of hydrogen-bond acceptors (Lipinski definition) is 2. The van der Waals surface area contributed by atoms with E-state index in [0.29, 0.717) is 19.4 Å². The molecule has 2 aliphatic heterocycles. The van der Waals surface area contributed by atoms with Crippen LogP contribution in [0, 0.1) is 5.82 Å². The number of likely N-dealkylation sites (tertiary alicyclic amines) is 1. The first-order valence-electron chi connectivity index (χ1n) is 7.50. The number of halogens is 1. The van der Waals surface area contributed by atoms with E-state index in [2.05, 4.69) is 5.32 Å². The third-order valence-corrected chi connectivity index (χ3v) is 4.32. The Morgan fingerprint density at radius 3 is 2.67 bits per heavy atom. The number of piperidine rings is 1. The van der Waals surface area contributed by atoms with E-state index in [9.17, 15) is 14.0 Å². The highest BCUT2D eigenvalue weighted by atomic mass is 19.1. The van der Waals surface area contributed by atoms with Gasteiger partial charge in [0.05, 0.1) is 6.04 Å². The van der Waals surface area contributed by atoms with Crippen LogP contribution in [0.3, 0.4) is 0 Å². The summed E-state index contributed by atoms with van der Waals surface area (Å²) in [6, 6.07) is 5.94. The quantitative estimate of drug-likeness (QED) is 0.907. The van der Waals surface area contributed by atoms with Gasteiger partial charge in [0.2, 0.25) is 11.8 Å². The monoisotopic (exact) mass is 290 g/mol. The molecule has 2 saturated heterocycles. The molecule has 1 N–H and O–H groups in total. The lowest BCUT2D eigenvalue weighted by Gasteiger charge is -2.31. The number of carbonyl (C=O) groups excluding carboxylic acids is 2. The van der Waals surface area contributed by atoms with E-state index in [1.165, 1.54) is 12.1 Å². The number of nitrogens with zero attached hydrogens (tertiary/aromatic N) is 1. The van der Waals surface area contributed by atoms with Gasteiger partial charge in [0.25, 0.3) is 0 Å². The van der Waals surface area contributed by atoms with Gasteiger partial charge in [-0.05, 0) is 43.4 Å². The Hall–Kier alpha value is -1.91. The third-order valence-electron chi connectivity index (χ3n) is 4.32. The van der Waals surface area contributed by atoms with Crippen LogP contribution >= 0.6 is 0 Å². The Bertz CT molecular complexity index is 544. The van der Waals surface area contributed by atoms with Gasteiger partial charge in [-0.15, -0.1) is 0 Å². The summed E-state index contributed by atoms with van der Waals surface area (Å²) in [4.78, 5) is 25.9. The molecule has 2 heterocycles. The molecule has 112 valence electrons. The SMILES string of the molecule is O=C1CCC[C@H](C(=O)N2CCCC2c2ccc(F)cc2)N1. The summed E-state index contributed by atoms with van der Waals surface area (Å²) in [5, 5.41) is 2.78. The highest BCUT2D eigenvalue weighted by Gasteiger charge is 2.35. The number of benzene rings is 1. The van der Waals surface area contributed by atoms with Crippen LogP contribution in [-0.4, -0.2) is 29.3 Å². The van der Waals surface area contributed by atoms with Crippen molar-refractivity contribution in [2.24, 2.45) is 0 Å². The fourth-order valence-electron chi connectivity index (χ4n) is 3.25. The van der Waals surface area contributed by atoms with E-state index in [4.69, 9.17) is 0 Å². The van der Waals surface area contributed by atoms with E-state index >= 15 is 0 Å². The van der Waals surface area contributed by atoms with Gasteiger partial charge >= 0.3 is 0 Å². The predicted molar refractivity (Wildman–Crippen MR) is 75.9 cm³/mol. The van der Waals surface area contributed by atoms with Gasteiger partial charge in [-0.25, -0.2) is 4.39 Å². The molecule has 0 aliphatic carbocycles. The molecule has 3 rings (SSSR count). The highest BCUT2D eigenvalue weighted by molar-refractivity contribution is 5.89. The summed E-state index contributed by atoms with van der Waals surface area (Å²) in [7, 11) is 0. The molecule has 0 aromatic heterocycles. The van der Waals surface area contributed by atoms with Gasteiger partial charge < -0.3 is 10.2 Å². The second-order valence-electron chi connectivity index (χ2n) is 5.75. The van der Waals surface area contributed by atoms with Crippen LogP contribution in [0.4, 0.5) is 4.39 Å². The van der Waals surface area contributed by atoms with E-state index in [1.807, 2.05) is 4.90 Å². The highest BCUT2D eigenvalue weighted by Crippen LogP contribution is 2.33. The predicted octanol–water partition coefficient (Wildman–Crippen LogP) is 2.16. The van der Waals surface area contributed by atoms with Crippen molar-refractivity contribution in [1.82, 2.24) is 10.2 Å². The van der Waals surface area contributed by atoms with Crippen molar-refractivity contribution in [3.05, 3.63) is 35.6 Å². The van der Waals surface area contributed by atoms with Crippen molar-refractivity contribution in [2.45, 2.75) is 44.2 Å². The van der Waals surface area contributed by atoms with Crippen LogP contribution in [0.25, 0.3) is 0 Å². The van der Waals surface area contributed by atoms with E-state index in [-0.39, 0.29) is 23.7 Å². The molecule has 2 fully saturated rings. The first-order valence-corrected chi connectivity index (χ1v) is 7.50. The van der Waals surface area contributed by atoms with Crippen molar-refractivity contribution >= 4 is 11.8 Å². The Morgan fingerprint density at radius 2 is 1.95 bits per heavy atom. The number of amides is 2. The topological polar surface area (TPSA) is 49.4 Å². The Balaban J connectivity index is 1.75. The van der Waals surface area contributed by atoms with Gasteiger partial charge in [-0.1, -0.05) is 12.1 Å². The van der Waals surface area contributed by atoms with Crippen LogP contribution in [0.2, 0.25) is 0 Å².